The largest absolute Gasteiger partial charge is 0.399 e. The second-order valence-electron chi connectivity index (χ2n) is 5.07. The van der Waals surface area contributed by atoms with Crippen LogP contribution in [0.25, 0.3) is 0 Å². The fraction of sp³-hybridized carbons (Fsp3) is 0.538. The zero-order chi connectivity index (χ0) is 15.6. The summed E-state index contributed by atoms with van der Waals surface area (Å²) >= 11 is 5.63. The third-order valence-corrected chi connectivity index (χ3v) is 5.20. The van der Waals surface area contributed by atoms with Gasteiger partial charge in [0.15, 0.2) is 5.82 Å². The number of anilines is 1. The Bertz CT molecular complexity index is 620. The van der Waals surface area contributed by atoms with Crippen LogP contribution in [0.5, 0.6) is 0 Å². The van der Waals surface area contributed by atoms with Crippen molar-refractivity contribution < 1.29 is 12.8 Å². The molecule has 5 nitrogen and oxygen atoms in total. The van der Waals surface area contributed by atoms with E-state index in [1.165, 1.54) is 6.07 Å². The van der Waals surface area contributed by atoms with Crippen molar-refractivity contribution in [1.29, 1.82) is 0 Å². The molecule has 1 aliphatic rings. The first-order valence-electron chi connectivity index (χ1n) is 6.83. The summed E-state index contributed by atoms with van der Waals surface area (Å²) in [6.45, 7) is 3.71. The number of likely N-dealkylation sites (N-methyl/N-ethyl adjacent to an activating group) is 1. The molecule has 3 N–H and O–H groups in total. The van der Waals surface area contributed by atoms with E-state index in [4.69, 9.17) is 17.3 Å². The van der Waals surface area contributed by atoms with Gasteiger partial charge in [0.05, 0.1) is 5.02 Å². The number of hydrogen-bond donors (Lipinski definition) is 2. The Labute approximate surface area is 129 Å². The van der Waals surface area contributed by atoms with E-state index in [1.54, 1.807) is 0 Å². The first-order chi connectivity index (χ1) is 9.85. The molecule has 8 heteroatoms. The number of nitrogens with two attached hydrogens (primary N) is 1. The average Bonchev–Trinajstić information content (AvgIpc) is 3.23. The number of sulfonamides is 1. The van der Waals surface area contributed by atoms with Gasteiger partial charge in [-0.3, -0.25) is 4.90 Å². The number of rotatable bonds is 7. The number of benzene rings is 1. The molecule has 0 heterocycles. The monoisotopic (exact) mass is 335 g/mol. The molecule has 0 saturated heterocycles. The van der Waals surface area contributed by atoms with Gasteiger partial charge in [-0.25, -0.2) is 17.5 Å². The Kier molecular flexibility index (Phi) is 5.08. The van der Waals surface area contributed by atoms with Crippen molar-refractivity contribution in [2.45, 2.75) is 30.7 Å². The molecule has 0 radical (unpaired) electrons. The fourth-order valence-corrected chi connectivity index (χ4v) is 3.66. The van der Waals surface area contributed by atoms with Crippen LogP contribution in [0.15, 0.2) is 17.0 Å². The molecule has 0 bridgehead atoms. The normalized spacial score (nSPS) is 15.6. The van der Waals surface area contributed by atoms with Crippen molar-refractivity contribution >= 4 is 27.3 Å². The van der Waals surface area contributed by atoms with E-state index in [-0.39, 0.29) is 17.3 Å². The highest BCUT2D eigenvalue weighted by Crippen LogP contribution is 2.27. The molecule has 21 heavy (non-hydrogen) atoms. The quantitative estimate of drug-likeness (QED) is 0.745. The fourth-order valence-electron chi connectivity index (χ4n) is 2.22. The van der Waals surface area contributed by atoms with Crippen LogP contribution < -0.4 is 10.5 Å². The van der Waals surface area contributed by atoms with E-state index >= 15 is 0 Å². The summed E-state index contributed by atoms with van der Waals surface area (Å²) in [5, 5.41) is -0.302. The van der Waals surface area contributed by atoms with E-state index in [0.717, 1.165) is 25.5 Å². The minimum atomic E-state index is -3.96. The maximum absolute atomic E-state index is 13.9. The smallest absolute Gasteiger partial charge is 0.243 e. The van der Waals surface area contributed by atoms with Gasteiger partial charge < -0.3 is 5.73 Å². The Morgan fingerprint density at radius 2 is 2.14 bits per heavy atom. The highest BCUT2D eigenvalue weighted by atomic mass is 35.5. The van der Waals surface area contributed by atoms with Gasteiger partial charge in [-0.05, 0) is 31.5 Å². The summed E-state index contributed by atoms with van der Waals surface area (Å²) in [7, 11) is -3.96. The van der Waals surface area contributed by atoms with Crippen molar-refractivity contribution in [1.82, 2.24) is 9.62 Å². The summed E-state index contributed by atoms with van der Waals surface area (Å²) in [4.78, 5) is 1.69. The van der Waals surface area contributed by atoms with Crippen LogP contribution in [0, 0.1) is 5.82 Å². The first kappa shape index (κ1) is 16.5. The molecular formula is C13H19ClFN3O2S. The molecule has 0 unspecified atom stereocenters. The maximum atomic E-state index is 13.9. The van der Waals surface area contributed by atoms with Gasteiger partial charge in [-0.2, -0.15) is 0 Å². The lowest BCUT2D eigenvalue weighted by Gasteiger charge is -2.19. The Morgan fingerprint density at radius 3 is 2.71 bits per heavy atom. The van der Waals surface area contributed by atoms with Gasteiger partial charge in [-0.15, -0.1) is 0 Å². The second-order valence-corrected chi connectivity index (χ2v) is 7.21. The minimum Gasteiger partial charge on any atom is -0.399 e. The highest BCUT2D eigenvalue weighted by molar-refractivity contribution is 7.89. The van der Waals surface area contributed by atoms with Crippen LogP contribution in [0.4, 0.5) is 10.1 Å². The lowest BCUT2D eigenvalue weighted by atomic mass is 10.3. The molecule has 0 aliphatic heterocycles. The summed E-state index contributed by atoms with van der Waals surface area (Å²) in [5.74, 6) is -0.979. The zero-order valence-corrected chi connectivity index (χ0v) is 13.3. The van der Waals surface area contributed by atoms with Gasteiger partial charge >= 0.3 is 0 Å². The Balaban J connectivity index is 2.04. The summed E-state index contributed by atoms with van der Waals surface area (Å²) in [5.41, 5.74) is 5.63. The average molecular weight is 336 g/mol. The van der Waals surface area contributed by atoms with Crippen LogP contribution in [0.2, 0.25) is 5.02 Å². The zero-order valence-electron chi connectivity index (χ0n) is 11.8. The number of hydrogen-bond acceptors (Lipinski definition) is 4. The van der Waals surface area contributed by atoms with E-state index in [1.807, 2.05) is 6.92 Å². The standard InChI is InChI=1S/C13H19ClFN3O2S/c1-2-18(10-3-4-10)6-5-17-21(19,20)12-8-9(16)7-11(14)13(12)15/h7-8,10,17H,2-6,16H2,1H3. The van der Waals surface area contributed by atoms with E-state index in [0.29, 0.717) is 12.6 Å². The van der Waals surface area contributed by atoms with Crippen molar-refractivity contribution in [3.63, 3.8) is 0 Å². The van der Waals surface area contributed by atoms with Gasteiger partial charge in [0.2, 0.25) is 10.0 Å². The molecular weight excluding hydrogens is 317 g/mol. The molecule has 0 spiro atoms. The number of halogens is 2. The predicted octanol–water partition coefficient (Wildman–Crippen LogP) is 1.82. The van der Waals surface area contributed by atoms with Crippen molar-refractivity contribution in [2.24, 2.45) is 0 Å². The summed E-state index contributed by atoms with van der Waals surface area (Å²) < 4.78 is 40.5. The lowest BCUT2D eigenvalue weighted by molar-refractivity contribution is 0.282. The molecule has 118 valence electrons. The van der Waals surface area contributed by atoms with Gasteiger partial charge in [-0.1, -0.05) is 18.5 Å². The maximum Gasteiger partial charge on any atom is 0.243 e. The van der Waals surface area contributed by atoms with Crippen molar-refractivity contribution in [3.05, 3.63) is 23.0 Å². The third kappa shape index (κ3) is 4.06. The minimum absolute atomic E-state index is 0.106. The van der Waals surface area contributed by atoms with Crippen LogP contribution in [-0.4, -0.2) is 39.0 Å². The molecule has 1 aromatic carbocycles. The molecule has 1 fully saturated rings. The summed E-state index contributed by atoms with van der Waals surface area (Å²) in [6, 6.07) is 2.81. The SMILES string of the molecule is CCN(CCNS(=O)(=O)c1cc(N)cc(Cl)c1F)C1CC1. The third-order valence-electron chi connectivity index (χ3n) is 3.47. The molecule has 1 saturated carbocycles. The van der Waals surface area contributed by atoms with E-state index < -0.39 is 20.7 Å². The molecule has 0 atom stereocenters. The second kappa shape index (κ2) is 6.48. The number of nitrogens with one attached hydrogen (secondary N) is 1. The Hall–Kier alpha value is -0.890. The van der Waals surface area contributed by atoms with Gasteiger partial charge in [0.1, 0.15) is 4.90 Å². The summed E-state index contributed by atoms with van der Waals surface area (Å²) in [6.07, 6.45) is 2.31. The molecule has 0 amide bonds. The number of nitrogen functional groups attached to an aromatic ring is 1. The number of nitrogens with zero attached hydrogens (tertiary/aromatic N) is 1. The van der Waals surface area contributed by atoms with E-state index in [2.05, 4.69) is 9.62 Å². The van der Waals surface area contributed by atoms with E-state index in [9.17, 15) is 12.8 Å². The molecule has 0 aromatic heterocycles. The lowest BCUT2D eigenvalue weighted by Crippen LogP contribution is -2.36. The van der Waals surface area contributed by atoms with Crippen LogP contribution in [0.1, 0.15) is 19.8 Å². The Morgan fingerprint density at radius 1 is 1.48 bits per heavy atom. The van der Waals surface area contributed by atoms with Crippen molar-refractivity contribution in [3.8, 4) is 0 Å². The topological polar surface area (TPSA) is 75.4 Å². The highest BCUT2D eigenvalue weighted by Gasteiger charge is 2.28. The van der Waals surface area contributed by atoms with Gasteiger partial charge in [0, 0.05) is 24.8 Å². The molecule has 1 aliphatic carbocycles. The van der Waals surface area contributed by atoms with Crippen LogP contribution >= 0.6 is 11.6 Å². The predicted molar refractivity (Wildman–Crippen MR) is 81.3 cm³/mol. The van der Waals surface area contributed by atoms with Gasteiger partial charge in [0.25, 0.3) is 0 Å². The van der Waals surface area contributed by atoms with Crippen LogP contribution in [-0.2, 0) is 10.0 Å². The molecule has 1 aromatic rings. The molecule has 2 rings (SSSR count). The van der Waals surface area contributed by atoms with Crippen LogP contribution in [0.3, 0.4) is 0 Å². The first-order valence-corrected chi connectivity index (χ1v) is 8.69. The van der Waals surface area contributed by atoms with Crippen molar-refractivity contribution in [2.75, 3.05) is 25.4 Å².